The van der Waals surface area contributed by atoms with Gasteiger partial charge in [-0.25, -0.2) is 4.39 Å². The molecule has 0 aliphatic rings. The number of hydrogen-bond donors (Lipinski definition) is 1. The minimum atomic E-state index is -0.490. The average molecular weight is 320 g/mol. The molecule has 1 amide bonds. The third kappa shape index (κ3) is 3.71. The molecule has 0 saturated heterocycles. The number of halogens is 1. The van der Waals surface area contributed by atoms with E-state index in [-0.39, 0.29) is 18.1 Å². The van der Waals surface area contributed by atoms with Gasteiger partial charge >= 0.3 is 5.69 Å². The number of benzene rings is 1. The Hall–Kier alpha value is -2.77. The Balaban J connectivity index is 2.10. The van der Waals surface area contributed by atoms with Gasteiger partial charge < -0.3 is 5.32 Å². The molecule has 0 fully saturated rings. The number of carbonyl (C=O) groups is 1. The van der Waals surface area contributed by atoms with Crippen molar-refractivity contribution in [1.29, 1.82) is 0 Å². The fraction of sp³-hybridized carbons (Fsp3) is 0.333. The maximum Gasteiger partial charge on any atom is 0.312 e. The first-order chi connectivity index (χ1) is 10.8. The summed E-state index contributed by atoms with van der Waals surface area (Å²) in [4.78, 5) is 22.7. The van der Waals surface area contributed by atoms with Gasteiger partial charge in [0.1, 0.15) is 17.2 Å². The minimum Gasteiger partial charge on any atom is -0.326 e. The number of nitrogens with one attached hydrogen (secondary N) is 1. The average Bonchev–Trinajstić information content (AvgIpc) is 2.73. The molecule has 0 bridgehead atoms. The summed E-state index contributed by atoms with van der Waals surface area (Å²) < 4.78 is 14.6. The van der Waals surface area contributed by atoms with E-state index in [1.165, 1.54) is 22.9 Å². The van der Waals surface area contributed by atoms with Crippen molar-refractivity contribution in [3.05, 3.63) is 51.6 Å². The number of nitro groups is 1. The lowest BCUT2D eigenvalue weighted by Gasteiger charge is -2.13. The number of amides is 1. The molecule has 1 N–H and O–H groups in total. The van der Waals surface area contributed by atoms with Crippen LogP contribution in [0.2, 0.25) is 0 Å². The summed E-state index contributed by atoms with van der Waals surface area (Å²) in [6, 6.07) is 5.59. The van der Waals surface area contributed by atoms with E-state index in [9.17, 15) is 19.3 Å². The summed E-state index contributed by atoms with van der Waals surface area (Å²) in [6.07, 6.45) is 0. The van der Waals surface area contributed by atoms with Gasteiger partial charge in [0, 0.05) is 5.69 Å². The van der Waals surface area contributed by atoms with E-state index in [1.54, 1.807) is 26.8 Å². The van der Waals surface area contributed by atoms with Crippen LogP contribution >= 0.6 is 0 Å². The van der Waals surface area contributed by atoms with E-state index in [1.807, 2.05) is 0 Å². The Morgan fingerprint density at radius 1 is 1.48 bits per heavy atom. The van der Waals surface area contributed by atoms with E-state index in [4.69, 9.17) is 0 Å². The van der Waals surface area contributed by atoms with E-state index >= 15 is 0 Å². The highest BCUT2D eigenvalue weighted by Crippen LogP contribution is 2.22. The third-order valence-corrected chi connectivity index (χ3v) is 3.51. The Bertz CT molecular complexity index is 757. The molecular formula is C15H17FN4O3. The SMILES string of the molecule is Cc1nn(C[C@H](C)C(=O)Nc2cccc(F)c2)c(C)c1[N+](=O)[O-]. The summed E-state index contributed by atoms with van der Waals surface area (Å²) >= 11 is 0. The van der Waals surface area contributed by atoms with Gasteiger partial charge in [-0.15, -0.1) is 0 Å². The van der Waals surface area contributed by atoms with Crippen molar-refractivity contribution < 1.29 is 14.1 Å². The van der Waals surface area contributed by atoms with Gasteiger partial charge in [0.25, 0.3) is 0 Å². The highest BCUT2D eigenvalue weighted by Gasteiger charge is 2.24. The number of nitrogens with zero attached hydrogens (tertiary/aromatic N) is 3. The van der Waals surface area contributed by atoms with Crippen molar-refractivity contribution in [2.24, 2.45) is 5.92 Å². The lowest BCUT2D eigenvalue weighted by molar-refractivity contribution is -0.386. The predicted molar refractivity (Wildman–Crippen MR) is 82.5 cm³/mol. The molecule has 1 aromatic carbocycles. The van der Waals surface area contributed by atoms with Gasteiger partial charge in [-0.2, -0.15) is 5.10 Å². The molecule has 0 radical (unpaired) electrons. The van der Waals surface area contributed by atoms with Crippen LogP contribution in [0, 0.1) is 35.7 Å². The topological polar surface area (TPSA) is 90.1 Å². The van der Waals surface area contributed by atoms with Crippen LogP contribution in [-0.4, -0.2) is 20.6 Å². The quantitative estimate of drug-likeness (QED) is 0.677. The van der Waals surface area contributed by atoms with Crippen LogP contribution in [0.3, 0.4) is 0 Å². The fourth-order valence-electron chi connectivity index (χ4n) is 2.30. The largest absolute Gasteiger partial charge is 0.326 e. The zero-order chi connectivity index (χ0) is 17.1. The normalized spacial score (nSPS) is 12.0. The highest BCUT2D eigenvalue weighted by molar-refractivity contribution is 5.92. The van der Waals surface area contributed by atoms with Crippen molar-refractivity contribution in [3.8, 4) is 0 Å². The van der Waals surface area contributed by atoms with E-state index in [0.29, 0.717) is 17.1 Å². The first kappa shape index (κ1) is 16.6. The van der Waals surface area contributed by atoms with Gasteiger partial charge in [0.2, 0.25) is 5.91 Å². The molecule has 0 aliphatic carbocycles. The van der Waals surface area contributed by atoms with Crippen LogP contribution in [0.15, 0.2) is 24.3 Å². The zero-order valence-electron chi connectivity index (χ0n) is 13.0. The monoisotopic (exact) mass is 320 g/mol. The molecule has 122 valence electrons. The molecule has 0 unspecified atom stereocenters. The second-order valence-electron chi connectivity index (χ2n) is 5.36. The van der Waals surface area contributed by atoms with Gasteiger partial charge in [0.15, 0.2) is 0 Å². The number of aromatic nitrogens is 2. The molecule has 23 heavy (non-hydrogen) atoms. The summed E-state index contributed by atoms with van der Waals surface area (Å²) in [5.41, 5.74) is 1.03. The number of carbonyl (C=O) groups excluding carboxylic acids is 1. The highest BCUT2D eigenvalue weighted by atomic mass is 19.1. The molecule has 1 heterocycles. The van der Waals surface area contributed by atoms with Crippen molar-refractivity contribution in [2.75, 3.05) is 5.32 Å². The Morgan fingerprint density at radius 2 is 2.17 bits per heavy atom. The standard InChI is InChI=1S/C15H17FN4O3/c1-9(15(21)17-13-6-4-5-12(16)7-13)8-19-11(3)14(20(22)23)10(2)18-19/h4-7,9H,8H2,1-3H3,(H,17,21)/t9-/m0/s1. The van der Waals surface area contributed by atoms with Gasteiger partial charge in [-0.05, 0) is 32.0 Å². The first-order valence-electron chi connectivity index (χ1n) is 7.04. The second-order valence-corrected chi connectivity index (χ2v) is 5.36. The number of aryl methyl sites for hydroxylation is 1. The van der Waals surface area contributed by atoms with Crippen molar-refractivity contribution in [2.45, 2.75) is 27.3 Å². The molecule has 7 nitrogen and oxygen atoms in total. The minimum absolute atomic E-state index is 0.0391. The van der Waals surface area contributed by atoms with Crippen LogP contribution in [-0.2, 0) is 11.3 Å². The van der Waals surface area contributed by atoms with Crippen molar-refractivity contribution in [1.82, 2.24) is 9.78 Å². The molecule has 1 atom stereocenters. The van der Waals surface area contributed by atoms with Crippen LogP contribution in [0.25, 0.3) is 0 Å². The predicted octanol–water partition coefficient (Wildman–Crippen LogP) is 2.82. The van der Waals surface area contributed by atoms with Crippen molar-refractivity contribution in [3.63, 3.8) is 0 Å². The molecule has 0 spiro atoms. The first-order valence-corrected chi connectivity index (χ1v) is 7.04. The van der Waals surface area contributed by atoms with Gasteiger partial charge in [0.05, 0.1) is 17.4 Å². The second kappa shape index (κ2) is 6.55. The Morgan fingerprint density at radius 3 is 2.74 bits per heavy atom. The van der Waals surface area contributed by atoms with Crippen LogP contribution in [0.5, 0.6) is 0 Å². The van der Waals surface area contributed by atoms with Crippen LogP contribution < -0.4 is 5.32 Å². The van der Waals surface area contributed by atoms with Crippen LogP contribution in [0.4, 0.5) is 15.8 Å². The van der Waals surface area contributed by atoms with E-state index in [0.717, 1.165) is 0 Å². The summed E-state index contributed by atoms with van der Waals surface area (Å²) in [7, 11) is 0. The molecule has 2 rings (SSSR count). The summed E-state index contributed by atoms with van der Waals surface area (Å²) in [5.74, 6) is -1.24. The van der Waals surface area contributed by atoms with E-state index in [2.05, 4.69) is 10.4 Å². The van der Waals surface area contributed by atoms with Gasteiger partial charge in [-0.1, -0.05) is 13.0 Å². The molecular weight excluding hydrogens is 303 g/mol. The summed E-state index contributed by atoms with van der Waals surface area (Å²) in [5, 5.41) is 17.7. The maximum absolute atomic E-state index is 13.1. The maximum atomic E-state index is 13.1. The molecule has 2 aromatic rings. The summed E-state index contributed by atoms with van der Waals surface area (Å²) in [6.45, 7) is 5.02. The lowest BCUT2D eigenvalue weighted by atomic mass is 10.1. The lowest BCUT2D eigenvalue weighted by Crippen LogP contribution is -2.25. The Kier molecular flexibility index (Phi) is 4.73. The Labute approximate surface area is 132 Å². The zero-order valence-corrected chi connectivity index (χ0v) is 13.0. The third-order valence-electron chi connectivity index (χ3n) is 3.51. The molecule has 0 aliphatic heterocycles. The number of anilines is 1. The molecule has 0 saturated carbocycles. The van der Waals surface area contributed by atoms with Gasteiger partial charge in [-0.3, -0.25) is 19.6 Å². The number of hydrogen-bond acceptors (Lipinski definition) is 4. The van der Waals surface area contributed by atoms with Crippen LogP contribution in [0.1, 0.15) is 18.3 Å². The van der Waals surface area contributed by atoms with E-state index < -0.39 is 16.7 Å². The fourth-order valence-corrected chi connectivity index (χ4v) is 2.30. The number of rotatable bonds is 5. The smallest absolute Gasteiger partial charge is 0.312 e. The molecule has 1 aromatic heterocycles. The molecule has 8 heteroatoms. The van der Waals surface area contributed by atoms with Crippen molar-refractivity contribution >= 4 is 17.3 Å².